The fourth-order valence-electron chi connectivity index (χ4n) is 3.14. The van der Waals surface area contributed by atoms with Crippen molar-refractivity contribution < 1.29 is 13.5 Å². The molecule has 25 heavy (non-hydrogen) atoms. The third kappa shape index (κ3) is 2.85. The molecule has 2 aromatic rings. The second-order valence-corrected chi connectivity index (χ2v) is 7.54. The van der Waals surface area contributed by atoms with Crippen LogP contribution in [0.5, 0.6) is 5.06 Å². The van der Waals surface area contributed by atoms with Crippen LogP contribution in [0.15, 0.2) is 23.2 Å². The normalized spacial score (nSPS) is 19.7. The van der Waals surface area contributed by atoms with Crippen LogP contribution in [0, 0.1) is 11.6 Å². The Morgan fingerprint density at radius 2 is 2.00 bits per heavy atom. The SMILES string of the molecule is C[C@@H]1N=C(c2c(F)cccc2F)c2c(sc3c2CCCCO3)NC1=S. The number of anilines is 1. The number of nitrogens with zero attached hydrogens (tertiary/aromatic N) is 1. The number of hydrogen-bond donors (Lipinski definition) is 1. The van der Waals surface area contributed by atoms with Crippen molar-refractivity contribution in [1.82, 2.24) is 0 Å². The van der Waals surface area contributed by atoms with E-state index in [4.69, 9.17) is 17.0 Å². The number of nitrogens with one attached hydrogen (secondary N) is 1. The number of thiocarbonyl (C=S) groups is 1. The van der Waals surface area contributed by atoms with Crippen LogP contribution in [0.1, 0.15) is 36.5 Å². The number of rotatable bonds is 1. The first kappa shape index (κ1) is 16.6. The summed E-state index contributed by atoms with van der Waals surface area (Å²) in [5, 5.41) is 4.74. The molecule has 3 nitrogen and oxygen atoms in total. The van der Waals surface area contributed by atoms with E-state index in [1.165, 1.54) is 29.5 Å². The second-order valence-electron chi connectivity index (χ2n) is 6.12. The number of ether oxygens (including phenoxy) is 1. The molecule has 0 unspecified atom stereocenters. The molecular formula is C18H16F2N2OS2. The highest BCUT2D eigenvalue weighted by Gasteiger charge is 2.31. The van der Waals surface area contributed by atoms with E-state index in [0.717, 1.165) is 40.5 Å². The molecule has 0 bridgehead atoms. The zero-order valence-electron chi connectivity index (χ0n) is 13.6. The molecule has 4 rings (SSSR count). The lowest BCUT2D eigenvalue weighted by Gasteiger charge is -2.11. The molecule has 1 aromatic carbocycles. The van der Waals surface area contributed by atoms with Crippen molar-refractivity contribution in [3.63, 3.8) is 0 Å². The summed E-state index contributed by atoms with van der Waals surface area (Å²) >= 11 is 6.82. The predicted molar refractivity (Wildman–Crippen MR) is 100 cm³/mol. The molecule has 0 radical (unpaired) electrons. The van der Waals surface area contributed by atoms with Crippen LogP contribution in [0.25, 0.3) is 0 Å². The molecule has 0 amide bonds. The van der Waals surface area contributed by atoms with Gasteiger partial charge in [-0.05, 0) is 38.3 Å². The topological polar surface area (TPSA) is 33.6 Å². The van der Waals surface area contributed by atoms with Gasteiger partial charge in [-0.15, -0.1) is 0 Å². The van der Waals surface area contributed by atoms with E-state index < -0.39 is 11.6 Å². The first-order valence-corrected chi connectivity index (χ1v) is 9.40. The molecule has 0 fully saturated rings. The molecule has 0 aliphatic carbocycles. The number of halogens is 2. The van der Waals surface area contributed by atoms with Gasteiger partial charge in [-0.1, -0.05) is 29.6 Å². The minimum absolute atomic E-state index is 0.105. The Labute approximate surface area is 153 Å². The zero-order valence-corrected chi connectivity index (χ0v) is 15.2. The molecule has 0 saturated heterocycles. The molecule has 1 N–H and O–H groups in total. The number of aliphatic imine (C=N–C) groups is 1. The number of hydrogen-bond acceptors (Lipinski definition) is 4. The van der Waals surface area contributed by atoms with Crippen molar-refractivity contribution in [3.05, 3.63) is 46.5 Å². The van der Waals surface area contributed by atoms with E-state index in [1.807, 2.05) is 6.92 Å². The van der Waals surface area contributed by atoms with Gasteiger partial charge in [0.2, 0.25) is 0 Å². The van der Waals surface area contributed by atoms with Crippen LogP contribution in [-0.4, -0.2) is 23.3 Å². The van der Waals surface area contributed by atoms with Gasteiger partial charge in [0.05, 0.1) is 23.9 Å². The largest absolute Gasteiger partial charge is 0.484 e. The van der Waals surface area contributed by atoms with Crippen molar-refractivity contribution in [3.8, 4) is 5.06 Å². The van der Waals surface area contributed by atoms with Crippen LogP contribution in [0.2, 0.25) is 0 Å². The van der Waals surface area contributed by atoms with Gasteiger partial charge in [0.1, 0.15) is 21.6 Å². The van der Waals surface area contributed by atoms with Crippen LogP contribution in [-0.2, 0) is 6.42 Å². The van der Waals surface area contributed by atoms with E-state index >= 15 is 0 Å². The maximum absolute atomic E-state index is 14.5. The van der Waals surface area contributed by atoms with Crippen LogP contribution < -0.4 is 10.1 Å². The highest BCUT2D eigenvalue weighted by molar-refractivity contribution is 7.80. The van der Waals surface area contributed by atoms with Gasteiger partial charge in [-0.25, -0.2) is 8.78 Å². The highest BCUT2D eigenvalue weighted by Crippen LogP contribution is 2.44. The fourth-order valence-corrected chi connectivity index (χ4v) is 4.50. The Bertz CT molecular complexity index is 871. The maximum Gasteiger partial charge on any atom is 0.179 e. The third-order valence-corrected chi connectivity index (χ3v) is 5.90. The Balaban J connectivity index is 1.99. The maximum atomic E-state index is 14.5. The van der Waals surface area contributed by atoms with Gasteiger partial charge in [0.15, 0.2) is 5.06 Å². The Morgan fingerprint density at radius 1 is 1.24 bits per heavy atom. The summed E-state index contributed by atoms with van der Waals surface area (Å²) in [6, 6.07) is 3.49. The molecule has 7 heteroatoms. The number of fused-ring (bicyclic) bond motifs is 3. The summed E-state index contributed by atoms with van der Waals surface area (Å²) in [5.41, 5.74) is 1.89. The third-order valence-electron chi connectivity index (χ3n) is 4.40. The molecule has 2 aliphatic heterocycles. The lowest BCUT2D eigenvalue weighted by Crippen LogP contribution is -2.20. The van der Waals surface area contributed by atoms with Crippen molar-refractivity contribution in [2.45, 2.75) is 32.2 Å². The minimum atomic E-state index is -0.626. The molecule has 2 aliphatic rings. The number of benzene rings is 1. The predicted octanol–water partition coefficient (Wildman–Crippen LogP) is 4.72. The summed E-state index contributed by atoms with van der Waals surface area (Å²) in [4.78, 5) is 5.12. The molecule has 3 heterocycles. The smallest absolute Gasteiger partial charge is 0.179 e. The monoisotopic (exact) mass is 378 g/mol. The van der Waals surface area contributed by atoms with Crippen molar-refractivity contribution in [2.24, 2.45) is 4.99 Å². The van der Waals surface area contributed by atoms with E-state index in [1.54, 1.807) is 0 Å². The summed E-state index contributed by atoms with van der Waals surface area (Å²) < 4.78 is 34.8. The van der Waals surface area contributed by atoms with Crippen molar-refractivity contribution in [1.29, 1.82) is 0 Å². The Morgan fingerprint density at radius 3 is 2.76 bits per heavy atom. The minimum Gasteiger partial charge on any atom is -0.484 e. The molecule has 1 aromatic heterocycles. The second kappa shape index (κ2) is 6.46. The molecule has 0 saturated carbocycles. The van der Waals surface area contributed by atoms with E-state index in [9.17, 15) is 8.78 Å². The lowest BCUT2D eigenvalue weighted by molar-refractivity contribution is 0.325. The summed E-state index contributed by atoms with van der Waals surface area (Å²) in [6.45, 7) is 2.47. The van der Waals surface area contributed by atoms with Crippen LogP contribution >= 0.6 is 23.6 Å². The van der Waals surface area contributed by atoms with E-state index in [0.29, 0.717) is 17.3 Å². The standard InChI is InChI=1S/C18H16F2N2OS2/c1-9-16(24)22-17-13(10-5-2-3-8-23-18(10)25-17)15(21-9)14-11(19)6-4-7-12(14)20/h4,6-7,9H,2-3,5,8H2,1H3,(H,22,24)/t9-/m0/s1. The Kier molecular flexibility index (Phi) is 4.29. The first-order chi connectivity index (χ1) is 12.1. The molecule has 0 spiro atoms. The van der Waals surface area contributed by atoms with Gasteiger partial charge in [0.25, 0.3) is 0 Å². The van der Waals surface area contributed by atoms with Crippen molar-refractivity contribution >= 4 is 39.3 Å². The van der Waals surface area contributed by atoms with Gasteiger partial charge in [-0.3, -0.25) is 4.99 Å². The molecule has 1 atom stereocenters. The van der Waals surface area contributed by atoms with Crippen LogP contribution in [0.4, 0.5) is 13.8 Å². The van der Waals surface area contributed by atoms with Gasteiger partial charge in [0, 0.05) is 11.1 Å². The van der Waals surface area contributed by atoms with Gasteiger partial charge in [-0.2, -0.15) is 0 Å². The van der Waals surface area contributed by atoms with Crippen molar-refractivity contribution in [2.75, 3.05) is 11.9 Å². The summed E-state index contributed by atoms with van der Waals surface area (Å²) in [7, 11) is 0. The van der Waals surface area contributed by atoms with E-state index in [-0.39, 0.29) is 11.6 Å². The average Bonchev–Trinajstić information content (AvgIpc) is 2.70. The molecule has 130 valence electrons. The molecular weight excluding hydrogens is 362 g/mol. The van der Waals surface area contributed by atoms with Gasteiger partial charge >= 0.3 is 0 Å². The highest BCUT2D eigenvalue weighted by atomic mass is 32.1. The summed E-state index contributed by atoms with van der Waals surface area (Å²) in [5.74, 6) is -1.25. The average molecular weight is 378 g/mol. The lowest BCUT2D eigenvalue weighted by atomic mass is 9.97. The van der Waals surface area contributed by atoms with Crippen LogP contribution in [0.3, 0.4) is 0 Å². The zero-order chi connectivity index (χ0) is 17.6. The quantitative estimate of drug-likeness (QED) is 0.729. The fraction of sp³-hybridized carbons (Fsp3) is 0.333. The van der Waals surface area contributed by atoms with E-state index in [2.05, 4.69) is 10.3 Å². The summed E-state index contributed by atoms with van der Waals surface area (Å²) in [6.07, 6.45) is 2.71. The Hall–Kier alpha value is -1.86. The van der Waals surface area contributed by atoms with Gasteiger partial charge < -0.3 is 10.1 Å². The first-order valence-electron chi connectivity index (χ1n) is 8.18. The number of thiophene rings is 1.